The lowest BCUT2D eigenvalue weighted by Gasteiger charge is -2.25. The van der Waals surface area contributed by atoms with Crippen molar-refractivity contribution in [3.05, 3.63) is 24.1 Å². The van der Waals surface area contributed by atoms with E-state index in [-0.39, 0.29) is 12.0 Å². The van der Waals surface area contributed by atoms with E-state index >= 15 is 0 Å². The van der Waals surface area contributed by atoms with Gasteiger partial charge in [0.2, 0.25) is 0 Å². The number of halogens is 1. The van der Waals surface area contributed by atoms with Crippen LogP contribution in [0.15, 0.2) is 12.4 Å². The Morgan fingerprint density at radius 3 is 2.61 bits per heavy atom. The molecule has 0 bridgehead atoms. The average Bonchev–Trinajstić information content (AvgIpc) is 2.69. The molecule has 0 fully saturated rings. The molecule has 0 spiro atoms. The molecule has 1 aliphatic rings. The molecule has 1 aliphatic heterocycles. The summed E-state index contributed by atoms with van der Waals surface area (Å²) in [6, 6.07) is 0. The van der Waals surface area contributed by atoms with Crippen LogP contribution < -0.4 is 0 Å². The van der Waals surface area contributed by atoms with Crippen molar-refractivity contribution < 1.29 is 9.18 Å². The maximum absolute atomic E-state index is 12.8. The Hall–Kier alpha value is -1.72. The van der Waals surface area contributed by atoms with Crippen molar-refractivity contribution >= 4 is 5.91 Å². The van der Waals surface area contributed by atoms with Crippen LogP contribution in [0.25, 0.3) is 0 Å². The van der Waals surface area contributed by atoms with Crippen LogP contribution in [0.5, 0.6) is 0 Å². The summed E-state index contributed by atoms with van der Waals surface area (Å²) >= 11 is 0. The van der Waals surface area contributed by atoms with Gasteiger partial charge in [0, 0.05) is 12.0 Å². The Morgan fingerprint density at radius 1 is 1.39 bits per heavy atom. The lowest BCUT2D eigenvalue weighted by molar-refractivity contribution is -0.130. The first kappa shape index (κ1) is 12.7. The third-order valence-electron chi connectivity index (χ3n) is 2.85. The largest absolute Gasteiger partial charge is 0.327 e. The van der Waals surface area contributed by atoms with E-state index in [0.29, 0.717) is 18.9 Å². The van der Waals surface area contributed by atoms with Gasteiger partial charge in [0.05, 0.1) is 13.1 Å². The highest BCUT2D eigenvalue weighted by Crippen LogP contribution is 2.21. The number of carbonyl (C=O) groups is 1. The molecule has 0 radical (unpaired) electrons. The Balaban J connectivity index is 2.22. The number of rotatable bonds is 1. The summed E-state index contributed by atoms with van der Waals surface area (Å²) in [5, 5.41) is 4.41. The van der Waals surface area contributed by atoms with Crippen molar-refractivity contribution in [3.8, 4) is 0 Å². The van der Waals surface area contributed by atoms with Crippen LogP contribution in [0.3, 0.4) is 0 Å². The Morgan fingerprint density at radius 2 is 2.06 bits per heavy atom. The van der Waals surface area contributed by atoms with Gasteiger partial charge >= 0.3 is 0 Å². The molecule has 1 aromatic heterocycles. The second kappa shape index (κ2) is 4.19. The summed E-state index contributed by atoms with van der Waals surface area (Å²) < 4.78 is 14.6. The SMILES string of the molecule is C=C(F)C(=O)N1CCn2nc(C(C)(C)C)nc2C1. The van der Waals surface area contributed by atoms with Crippen molar-refractivity contribution in [2.75, 3.05) is 6.54 Å². The zero-order valence-corrected chi connectivity index (χ0v) is 10.9. The minimum atomic E-state index is -0.931. The summed E-state index contributed by atoms with van der Waals surface area (Å²) in [5.41, 5.74) is -0.136. The Kier molecular flexibility index (Phi) is 2.96. The topological polar surface area (TPSA) is 51.0 Å². The minimum Gasteiger partial charge on any atom is -0.327 e. The highest BCUT2D eigenvalue weighted by atomic mass is 19.1. The maximum Gasteiger partial charge on any atom is 0.282 e. The number of nitrogens with zero attached hydrogens (tertiary/aromatic N) is 4. The standard InChI is InChI=1S/C12H17FN4O/c1-8(13)10(18)16-5-6-17-9(7-16)14-11(15-17)12(2,3)4/h1,5-7H2,2-4H3. The van der Waals surface area contributed by atoms with Gasteiger partial charge in [0.25, 0.3) is 5.91 Å². The van der Waals surface area contributed by atoms with E-state index in [1.807, 2.05) is 20.8 Å². The van der Waals surface area contributed by atoms with E-state index in [2.05, 4.69) is 16.7 Å². The third-order valence-corrected chi connectivity index (χ3v) is 2.85. The van der Waals surface area contributed by atoms with E-state index in [4.69, 9.17) is 0 Å². The van der Waals surface area contributed by atoms with Crippen LogP contribution in [0.2, 0.25) is 0 Å². The van der Waals surface area contributed by atoms with Gasteiger partial charge in [-0.2, -0.15) is 5.10 Å². The predicted octanol–water partition coefficient (Wildman–Crippen LogP) is 1.40. The second-order valence-corrected chi connectivity index (χ2v) is 5.46. The van der Waals surface area contributed by atoms with Crippen LogP contribution in [0.4, 0.5) is 4.39 Å². The smallest absolute Gasteiger partial charge is 0.282 e. The number of fused-ring (bicyclic) bond motifs is 1. The van der Waals surface area contributed by atoms with E-state index in [1.165, 1.54) is 4.90 Å². The van der Waals surface area contributed by atoms with Gasteiger partial charge in [0.15, 0.2) is 11.7 Å². The number of hydrogen-bond acceptors (Lipinski definition) is 3. The fourth-order valence-electron chi connectivity index (χ4n) is 1.80. The van der Waals surface area contributed by atoms with Crippen LogP contribution in [-0.4, -0.2) is 32.1 Å². The lowest BCUT2D eigenvalue weighted by Crippen LogP contribution is -2.38. The molecule has 1 amide bonds. The van der Waals surface area contributed by atoms with Crippen LogP contribution in [0.1, 0.15) is 32.4 Å². The van der Waals surface area contributed by atoms with E-state index < -0.39 is 11.7 Å². The van der Waals surface area contributed by atoms with Crippen molar-refractivity contribution in [2.24, 2.45) is 0 Å². The molecule has 5 nitrogen and oxygen atoms in total. The van der Waals surface area contributed by atoms with Gasteiger partial charge in [-0.1, -0.05) is 27.4 Å². The van der Waals surface area contributed by atoms with Crippen molar-refractivity contribution in [1.82, 2.24) is 19.7 Å². The molecule has 2 rings (SSSR count). The predicted molar refractivity (Wildman–Crippen MR) is 64.4 cm³/mol. The third kappa shape index (κ3) is 2.27. The first-order valence-electron chi connectivity index (χ1n) is 5.87. The summed E-state index contributed by atoms with van der Waals surface area (Å²) in [6.07, 6.45) is 0. The first-order chi connectivity index (χ1) is 8.29. The Bertz CT molecular complexity index is 501. The zero-order chi connectivity index (χ0) is 13.5. The fourth-order valence-corrected chi connectivity index (χ4v) is 1.80. The van der Waals surface area contributed by atoms with E-state index in [1.54, 1.807) is 4.68 Å². The molecule has 0 saturated carbocycles. The van der Waals surface area contributed by atoms with Gasteiger partial charge in [-0.05, 0) is 0 Å². The van der Waals surface area contributed by atoms with Crippen LogP contribution >= 0.6 is 0 Å². The number of carbonyl (C=O) groups excluding carboxylic acids is 1. The first-order valence-corrected chi connectivity index (χ1v) is 5.87. The molecule has 0 N–H and O–H groups in total. The molecular formula is C12H17FN4O. The van der Waals surface area contributed by atoms with Crippen LogP contribution in [0, 0.1) is 0 Å². The molecule has 0 aliphatic carbocycles. The van der Waals surface area contributed by atoms with Crippen LogP contribution in [-0.2, 0) is 23.3 Å². The summed E-state index contributed by atoms with van der Waals surface area (Å²) in [5.74, 6) is -0.160. The van der Waals surface area contributed by atoms with Gasteiger partial charge in [-0.15, -0.1) is 0 Å². The zero-order valence-electron chi connectivity index (χ0n) is 10.9. The molecule has 0 aromatic carbocycles. The molecule has 2 heterocycles. The number of amides is 1. The Labute approximate surface area is 105 Å². The van der Waals surface area contributed by atoms with E-state index in [0.717, 1.165) is 5.82 Å². The molecule has 18 heavy (non-hydrogen) atoms. The summed E-state index contributed by atoms with van der Waals surface area (Å²) in [6.45, 7) is 10.4. The molecule has 98 valence electrons. The minimum absolute atomic E-state index is 0.136. The molecular weight excluding hydrogens is 235 g/mol. The molecule has 0 saturated heterocycles. The lowest BCUT2D eigenvalue weighted by atomic mass is 9.96. The average molecular weight is 252 g/mol. The summed E-state index contributed by atoms with van der Waals surface area (Å²) in [4.78, 5) is 17.3. The van der Waals surface area contributed by atoms with Crippen molar-refractivity contribution in [1.29, 1.82) is 0 Å². The number of hydrogen-bond donors (Lipinski definition) is 0. The van der Waals surface area contributed by atoms with Gasteiger partial charge < -0.3 is 4.90 Å². The summed E-state index contributed by atoms with van der Waals surface area (Å²) in [7, 11) is 0. The quantitative estimate of drug-likeness (QED) is 0.710. The second-order valence-electron chi connectivity index (χ2n) is 5.46. The van der Waals surface area contributed by atoms with E-state index in [9.17, 15) is 9.18 Å². The molecule has 0 unspecified atom stereocenters. The highest BCUT2D eigenvalue weighted by molar-refractivity contribution is 5.90. The number of aromatic nitrogens is 3. The molecule has 1 aromatic rings. The molecule has 6 heteroatoms. The highest BCUT2D eigenvalue weighted by Gasteiger charge is 2.28. The monoisotopic (exact) mass is 252 g/mol. The normalized spacial score (nSPS) is 15.4. The van der Waals surface area contributed by atoms with Gasteiger partial charge in [0.1, 0.15) is 5.82 Å². The van der Waals surface area contributed by atoms with Crippen molar-refractivity contribution in [2.45, 2.75) is 39.3 Å². The fraction of sp³-hybridized carbons (Fsp3) is 0.583. The van der Waals surface area contributed by atoms with Crippen molar-refractivity contribution in [3.63, 3.8) is 0 Å². The molecule has 0 atom stereocenters. The maximum atomic E-state index is 12.8. The van der Waals surface area contributed by atoms with Gasteiger partial charge in [-0.25, -0.2) is 14.1 Å². The van der Waals surface area contributed by atoms with Gasteiger partial charge in [-0.3, -0.25) is 4.79 Å².